The van der Waals surface area contributed by atoms with E-state index in [2.05, 4.69) is 10.3 Å². The van der Waals surface area contributed by atoms with E-state index in [0.717, 1.165) is 6.42 Å². The van der Waals surface area contributed by atoms with Gasteiger partial charge >= 0.3 is 0 Å². The average Bonchev–Trinajstić information content (AvgIpc) is 2.46. The molecule has 0 aliphatic carbocycles. The summed E-state index contributed by atoms with van der Waals surface area (Å²) >= 11 is 0. The highest BCUT2D eigenvalue weighted by Crippen LogP contribution is 2.22. The molecular weight excluding hydrogens is 242 g/mol. The third-order valence-electron chi connectivity index (χ3n) is 2.95. The smallest absolute Gasteiger partial charge is 0.251 e. The normalized spacial score (nSPS) is 17.2. The fourth-order valence-corrected chi connectivity index (χ4v) is 1.84. The Morgan fingerprint density at radius 1 is 1.58 bits per heavy atom. The number of carbonyl (C=O) groups excluding carboxylic acids is 1. The number of nitrogens with zero attached hydrogens (tertiary/aromatic N) is 1. The first-order valence-corrected chi connectivity index (χ1v) is 6.10. The molecule has 0 saturated heterocycles. The first kappa shape index (κ1) is 13.1. The van der Waals surface area contributed by atoms with Crippen LogP contribution in [0.4, 0.5) is 5.69 Å². The van der Waals surface area contributed by atoms with Gasteiger partial charge in [0.15, 0.2) is 0 Å². The summed E-state index contributed by atoms with van der Waals surface area (Å²) in [5.74, 6) is 0.626. The predicted octanol–water partition coefficient (Wildman–Crippen LogP) is 1.61. The molecule has 1 heterocycles. The first-order chi connectivity index (χ1) is 9.20. The van der Waals surface area contributed by atoms with Crippen molar-refractivity contribution in [2.24, 2.45) is 10.9 Å². The molecule has 0 saturated carbocycles. The van der Waals surface area contributed by atoms with Crippen molar-refractivity contribution in [3.8, 4) is 5.75 Å². The molecule has 1 aliphatic heterocycles. The van der Waals surface area contributed by atoms with Crippen LogP contribution < -0.4 is 15.8 Å². The van der Waals surface area contributed by atoms with Gasteiger partial charge in [0, 0.05) is 30.4 Å². The zero-order valence-corrected chi connectivity index (χ0v) is 10.8. The van der Waals surface area contributed by atoms with Gasteiger partial charge in [0.2, 0.25) is 0 Å². The van der Waals surface area contributed by atoms with Gasteiger partial charge in [-0.25, -0.2) is 0 Å². The summed E-state index contributed by atoms with van der Waals surface area (Å²) in [6.07, 6.45) is 6.50. The second kappa shape index (κ2) is 6.04. The Kier molecular flexibility index (Phi) is 4.18. The maximum absolute atomic E-state index is 12.0. The third kappa shape index (κ3) is 3.34. The van der Waals surface area contributed by atoms with Crippen LogP contribution in [0.15, 0.2) is 35.5 Å². The van der Waals surface area contributed by atoms with Gasteiger partial charge in [0.25, 0.3) is 5.91 Å². The Bertz CT molecular complexity index is 523. The van der Waals surface area contributed by atoms with Gasteiger partial charge < -0.3 is 15.8 Å². The van der Waals surface area contributed by atoms with Crippen molar-refractivity contribution in [3.63, 3.8) is 0 Å². The van der Waals surface area contributed by atoms with E-state index in [1.165, 1.54) is 7.11 Å². The summed E-state index contributed by atoms with van der Waals surface area (Å²) in [6.45, 7) is 0.569. The van der Waals surface area contributed by atoms with Gasteiger partial charge in [-0.15, -0.1) is 0 Å². The Labute approximate surface area is 112 Å². The van der Waals surface area contributed by atoms with E-state index in [0.29, 0.717) is 23.5 Å². The molecule has 1 aromatic carbocycles. The molecule has 0 radical (unpaired) electrons. The number of allylic oxidation sites excluding steroid dienone is 1. The molecule has 2 rings (SSSR count). The maximum Gasteiger partial charge on any atom is 0.251 e. The van der Waals surface area contributed by atoms with Crippen molar-refractivity contribution in [1.29, 1.82) is 0 Å². The molecule has 19 heavy (non-hydrogen) atoms. The van der Waals surface area contributed by atoms with Gasteiger partial charge in [-0.2, -0.15) is 0 Å². The standard InChI is InChI=1S/C14H17N3O2/c1-19-13-7-11(4-5-12(13)15)14(18)17-9-10-3-2-6-16-8-10/h2,4-8,10H,3,9,15H2,1H3,(H,17,18). The summed E-state index contributed by atoms with van der Waals surface area (Å²) in [5, 5.41) is 2.88. The van der Waals surface area contributed by atoms with Crippen molar-refractivity contribution in [1.82, 2.24) is 5.32 Å². The van der Waals surface area contributed by atoms with Crippen LogP contribution in [-0.4, -0.2) is 25.8 Å². The van der Waals surface area contributed by atoms with Crippen LogP contribution in [0.25, 0.3) is 0 Å². The number of rotatable bonds is 4. The summed E-state index contributed by atoms with van der Waals surface area (Å²) in [6, 6.07) is 4.99. The van der Waals surface area contributed by atoms with Crippen LogP contribution in [0.5, 0.6) is 5.75 Å². The molecule has 0 spiro atoms. The van der Waals surface area contributed by atoms with Crippen molar-refractivity contribution in [2.75, 3.05) is 19.4 Å². The minimum absolute atomic E-state index is 0.138. The Morgan fingerprint density at radius 2 is 2.42 bits per heavy atom. The van der Waals surface area contributed by atoms with Crippen LogP contribution in [-0.2, 0) is 0 Å². The minimum atomic E-state index is -0.138. The van der Waals surface area contributed by atoms with Gasteiger partial charge in [-0.3, -0.25) is 9.79 Å². The molecule has 0 bridgehead atoms. The number of anilines is 1. The summed E-state index contributed by atoms with van der Waals surface area (Å²) < 4.78 is 5.09. The third-order valence-corrected chi connectivity index (χ3v) is 2.95. The van der Waals surface area contributed by atoms with Crippen molar-refractivity contribution in [3.05, 3.63) is 36.0 Å². The second-order valence-corrected chi connectivity index (χ2v) is 4.35. The lowest BCUT2D eigenvalue weighted by Crippen LogP contribution is -2.30. The number of nitrogens with one attached hydrogen (secondary N) is 1. The highest BCUT2D eigenvalue weighted by molar-refractivity contribution is 5.95. The number of nitrogens with two attached hydrogens (primary N) is 1. The largest absolute Gasteiger partial charge is 0.495 e. The quantitative estimate of drug-likeness (QED) is 0.806. The summed E-state index contributed by atoms with van der Waals surface area (Å²) in [7, 11) is 1.53. The number of amides is 1. The van der Waals surface area contributed by atoms with Crippen LogP contribution in [0.1, 0.15) is 16.8 Å². The number of carbonyl (C=O) groups is 1. The van der Waals surface area contributed by atoms with Crippen LogP contribution >= 0.6 is 0 Å². The highest BCUT2D eigenvalue weighted by Gasteiger charge is 2.11. The minimum Gasteiger partial charge on any atom is -0.495 e. The summed E-state index contributed by atoms with van der Waals surface area (Å²) in [5.41, 5.74) is 6.76. The number of ether oxygens (including phenoxy) is 1. The molecule has 1 aliphatic rings. The molecule has 5 nitrogen and oxygen atoms in total. The molecule has 1 aromatic rings. The monoisotopic (exact) mass is 259 g/mol. The van der Waals surface area contributed by atoms with Gasteiger partial charge in [-0.05, 0) is 24.6 Å². The van der Waals surface area contributed by atoms with Gasteiger partial charge in [0.05, 0.1) is 12.8 Å². The van der Waals surface area contributed by atoms with Crippen molar-refractivity contribution < 1.29 is 9.53 Å². The van der Waals surface area contributed by atoms with E-state index in [1.807, 2.05) is 12.3 Å². The molecule has 5 heteroatoms. The molecule has 1 unspecified atom stereocenters. The average molecular weight is 259 g/mol. The lowest BCUT2D eigenvalue weighted by molar-refractivity contribution is 0.0950. The number of methoxy groups -OCH3 is 1. The van der Waals surface area contributed by atoms with Gasteiger partial charge in [-0.1, -0.05) is 6.08 Å². The Balaban J connectivity index is 1.96. The maximum atomic E-state index is 12.0. The zero-order chi connectivity index (χ0) is 13.7. The lowest BCUT2D eigenvalue weighted by Gasteiger charge is -2.13. The topological polar surface area (TPSA) is 76.7 Å². The molecule has 3 N–H and O–H groups in total. The van der Waals surface area contributed by atoms with Crippen LogP contribution in [0, 0.1) is 5.92 Å². The van der Waals surface area contributed by atoms with E-state index in [4.69, 9.17) is 10.5 Å². The summed E-state index contributed by atoms with van der Waals surface area (Å²) in [4.78, 5) is 16.1. The Morgan fingerprint density at radius 3 is 3.11 bits per heavy atom. The fourth-order valence-electron chi connectivity index (χ4n) is 1.84. The second-order valence-electron chi connectivity index (χ2n) is 4.35. The SMILES string of the molecule is COc1cc(C(=O)NCC2C=NC=CC2)ccc1N. The molecule has 1 atom stereocenters. The number of benzene rings is 1. The lowest BCUT2D eigenvalue weighted by atomic mass is 10.1. The number of nitrogen functional groups attached to an aromatic ring is 1. The number of hydrogen-bond donors (Lipinski definition) is 2. The molecule has 100 valence electrons. The van der Waals surface area contributed by atoms with Gasteiger partial charge in [0.1, 0.15) is 5.75 Å². The van der Waals surface area contributed by atoms with E-state index in [9.17, 15) is 4.79 Å². The fraction of sp³-hybridized carbons (Fsp3) is 0.286. The van der Waals surface area contributed by atoms with E-state index in [-0.39, 0.29) is 11.8 Å². The molecule has 0 fully saturated rings. The molecule has 1 amide bonds. The van der Waals surface area contributed by atoms with E-state index in [1.54, 1.807) is 24.4 Å². The van der Waals surface area contributed by atoms with E-state index < -0.39 is 0 Å². The zero-order valence-electron chi connectivity index (χ0n) is 10.8. The predicted molar refractivity (Wildman–Crippen MR) is 75.5 cm³/mol. The first-order valence-electron chi connectivity index (χ1n) is 6.10. The van der Waals surface area contributed by atoms with Crippen LogP contribution in [0.3, 0.4) is 0 Å². The molecular formula is C14H17N3O2. The number of hydrogen-bond acceptors (Lipinski definition) is 4. The van der Waals surface area contributed by atoms with Crippen molar-refractivity contribution in [2.45, 2.75) is 6.42 Å². The van der Waals surface area contributed by atoms with Crippen molar-refractivity contribution >= 4 is 17.8 Å². The molecule has 0 aromatic heterocycles. The highest BCUT2D eigenvalue weighted by atomic mass is 16.5. The van der Waals surface area contributed by atoms with E-state index >= 15 is 0 Å². The number of aliphatic imine (C=N–C) groups is 1. The van der Waals surface area contributed by atoms with Crippen LogP contribution in [0.2, 0.25) is 0 Å². The Hall–Kier alpha value is -2.30.